The largest absolute Gasteiger partial charge is 0.477 e. The Morgan fingerprint density at radius 3 is 2.42 bits per heavy atom. The number of amides is 1. The third-order valence-electron chi connectivity index (χ3n) is 3.55. The lowest BCUT2D eigenvalue weighted by atomic mass is 10.1. The molecule has 0 saturated carbocycles. The number of carbonyl (C=O) groups excluding carboxylic acids is 1. The number of thiophene rings is 1. The van der Waals surface area contributed by atoms with Crippen molar-refractivity contribution in [3.63, 3.8) is 0 Å². The fraction of sp³-hybridized carbons (Fsp3) is 0. The topological polar surface area (TPSA) is 110 Å². The highest BCUT2D eigenvalue weighted by molar-refractivity contribution is 7.18. The van der Waals surface area contributed by atoms with Crippen LogP contribution >= 0.6 is 11.3 Å². The maximum atomic E-state index is 12.3. The lowest BCUT2D eigenvalue weighted by Gasteiger charge is -2.04. The number of nitro groups is 1. The Bertz CT molecular complexity index is 998. The summed E-state index contributed by atoms with van der Waals surface area (Å²) in [5.74, 6) is -1.62. The minimum atomic E-state index is -1.19. The third-order valence-corrected chi connectivity index (χ3v) is 4.72. The third kappa shape index (κ3) is 3.60. The summed E-state index contributed by atoms with van der Waals surface area (Å²) in [6, 6.07) is 15.8. The van der Waals surface area contributed by atoms with E-state index in [-0.39, 0.29) is 16.3 Å². The van der Waals surface area contributed by atoms with Gasteiger partial charge >= 0.3 is 5.97 Å². The standard InChI is InChI=1S/C18H12N2O5S/c21-17(11-5-2-1-3-6-11)19-14-10-15(26-16(14)18(22)23)12-7-4-8-13(9-12)20(24)25/h1-10H,(H,19,21)(H,22,23). The molecule has 130 valence electrons. The number of hydrogen-bond acceptors (Lipinski definition) is 5. The SMILES string of the molecule is O=C(Nc1cc(-c2cccc([N+](=O)[O-])c2)sc1C(=O)O)c1ccccc1. The molecule has 0 unspecified atom stereocenters. The first-order valence-electron chi connectivity index (χ1n) is 7.44. The molecule has 26 heavy (non-hydrogen) atoms. The van der Waals surface area contributed by atoms with Crippen LogP contribution in [0.1, 0.15) is 20.0 Å². The molecule has 0 radical (unpaired) electrons. The average molecular weight is 368 g/mol. The molecule has 3 aromatic rings. The van der Waals surface area contributed by atoms with Gasteiger partial charge in [-0.05, 0) is 23.8 Å². The summed E-state index contributed by atoms with van der Waals surface area (Å²) >= 11 is 0.941. The van der Waals surface area contributed by atoms with Crippen LogP contribution in [0.5, 0.6) is 0 Å². The van der Waals surface area contributed by atoms with Crippen LogP contribution in [0, 0.1) is 10.1 Å². The number of nitrogens with one attached hydrogen (secondary N) is 1. The zero-order chi connectivity index (χ0) is 18.7. The molecular weight excluding hydrogens is 356 g/mol. The highest BCUT2D eigenvalue weighted by Gasteiger charge is 2.19. The molecule has 1 amide bonds. The Hall–Kier alpha value is -3.52. The molecule has 1 aromatic heterocycles. The Kier molecular flexibility index (Phi) is 4.76. The maximum absolute atomic E-state index is 12.3. The van der Waals surface area contributed by atoms with Crippen molar-refractivity contribution >= 4 is 34.6 Å². The van der Waals surface area contributed by atoms with Crippen molar-refractivity contribution in [2.75, 3.05) is 5.32 Å². The van der Waals surface area contributed by atoms with Gasteiger partial charge in [0.1, 0.15) is 4.88 Å². The van der Waals surface area contributed by atoms with Crippen LogP contribution in [0.25, 0.3) is 10.4 Å². The normalized spacial score (nSPS) is 10.3. The van der Waals surface area contributed by atoms with Crippen LogP contribution in [0.2, 0.25) is 0 Å². The molecule has 0 bridgehead atoms. The minimum absolute atomic E-state index is 0.0456. The predicted octanol–water partition coefficient (Wildman–Crippen LogP) is 4.27. The first-order chi connectivity index (χ1) is 12.5. The molecule has 8 heteroatoms. The summed E-state index contributed by atoms with van der Waals surface area (Å²) in [6.07, 6.45) is 0. The lowest BCUT2D eigenvalue weighted by molar-refractivity contribution is -0.384. The second-order valence-electron chi connectivity index (χ2n) is 5.29. The van der Waals surface area contributed by atoms with Crippen LogP contribution in [-0.2, 0) is 0 Å². The molecule has 0 saturated heterocycles. The molecule has 7 nitrogen and oxygen atoms in total. The number of anilines is 1. The molecule has 2 aromatic carbocycles. The first-order valence-corrected chi connectivity index (χ1v) is 8.25. The molecule has 0 fully saturated rings. The number of carbonyl (C=O) groups is 2. The zero-order valence-electron chi connectivity index (χ0n) is 13.2. The van der Waals surface area contributed by atoms with Crippen LogP contribution in [0.15, 0.2) is 60.7 Å². The van der Waals surface area contributed by atoms with Crippen LogP contribution < -0.4 is 5.32 Å². The van der Waals surface area contributed by atoms with Gasteiger partial charge < -0.3 is 10.4 Å². The van der Waals surface area contributed by atoms with Crippen molar-refractivity contribution in [2.45, 2.75) is 0 Å². The number of aromatic carboxylic acids is 1. The van der Waals surface area contributed by atoms with Gasteiger partial charge in [0, 0.05) is 22.6 Å². The van der Waals surface area contributed by atoms with Gasteiger partial charge in [0.05, 0.1) is 10.6 Å². The Morgan fingerprint density at radius 1 is 1.04 bits per heavy atom. The molecule has 0 atom stereocenters. The van der Waals surface area contributed by atoms with E-state index in [2.05, 4.69) is 5.32 Å². The van der Waals surface area contributed by atoms with Gasteiger partial charge in [0.2, 0.25) is 0 Å². The Morgan fingerprint density at radius 2 is 1.77 bits per heavy atom. The molecule has 0 aliphatic heterocycles. The van der Waals surface area contributed by atoms with E-state index in [9.17, 15) is 24.8 Å². The predicted molar refractivity (Wildman–Crippen MR) is 97.8 cm³/mol. The number of carboxylic acids is 1. The fourth-order valence-corrected chi connectivity index (χ4v) is 3.29. The van der Waals surface area contributed by atoms with Gasteiger partial charge in [-0.2, -0.15) is 0 Å². The highest BCUT2D eigenvalue weighted by Crippen LogP contribution is 2.36. The van der Waals surface area contributed by atoms with Crippen molar-refractivity contribution in [3.8, 4) is 10.4 Å². The van der Waals surface area contributed by atoms with Crippen molar-refractivity contribution < 1.29 is 19.6 Å². The molecule has 3 rings (SSSR count). The van der Waals surface area contributed by atoms with E-state index in [0.717, 1.165) is 11.3 Å². The minimum Gasteiger partial charge on any atom is -0.477 e. The van der Waals surface area contributed by atoms with Gasteiger partial charge in [-0.1, -0.05) is 30.3 Å². The van der Waals surface area contributed by atoms with Crippen LogP contribution in [-0.4, -0.2) is 21.9 Å². The monoisotopic (exact) mass is 368 g/mol. The van der Waals surface area contributed by atoms with Crippen molar-refractivity contribution in [2.24, 2.45) is 0 Å². The lowest BCUT2D eigenvalue weighted by Crippen LogP contribution is -2.13. The van der Waals surface area contributed by atoms with Gasteiger partial charge in [-0.15, -0.1) is 11.3 Å². The Balaban J connectivity index is 1.97. The van der Waals surface area contributed by atoms with E-state index >= 15 is 0 Å². The fourth-order valence-electron chi connectivity index (χ4n) is 2.34. The summed E-state index contributed by atoms with van der Waals surface area (Å²) < 4.78 is 0. The van der Waals surface area contributed by atoms with Gasteiger partial charge in [0.25, 0.3) is 11.6 Å². The number of hydrogen-bond donors (Lipinski definition) is 2. The second-order valence-corrected chi connectivity index (χ2v) is 6.34. The summed E-state index contributed by atoms with van der Waals surface area (Å²) in [7, 11) is 0. The Labute approximate surface area is 151 Å². The zero-order valence-corrected chi connectivity index (χ0v) is 14.0. The number of nitro benzene ring substituents is 1. The quantitative estimate of drug-likeness (QED) is 0.516. The van der Waals surface area contributed by atoms with E-state index in [4.69, 9.17) is 0 Å². The summed E-state index contributed by atoms with van der Waals surface area (Å²) in [5, 5.41) is 22.9. The maximum Gasteiger partial charge on any atom is 0.348 e. The first kappa shape index (κ1) is 17.3. The van der Waals surface area contributed by atoms with Gasteiger partial charge in [0.15, 0.2) is 0 Å². The van der Waals surface area contributed by atoms with Crippen molar-refractivity contribution in [3.05, 3.63) is 81.2 Å². The van der Waals surface area contributed by atoms with Crippen LogP contribution in [0.4, 0.5) is 11.4 Å². The molecule has 0 spiro atoms. The summed E-state index contributed by atoms with van der Waals surface area (Å²) in [4.78, 5) is 34.7. The molecule has 2 N–H and O–H groups in total. The highest BCUT2D eigenvalue weighted by atomic mass is 32.1. The average Bonchev–Trinajstić information content (AvgIpc) is 3.06. The van der Waals surface area contributed by atoms with E-state index in [0.29, 0.717) is 16.0 Å². The second kappa shape index (κ2) is 7.16. The van der Waals surface area contributed by atoms with E-state index in [1.807, 2.05) is 0 Å². The van der Waals surface area contributed by atoms with Gasteiger partial charge in [-0.25, -0.2) is 4.79 Å². The van der Waals surface area contributed by atoms with E-state index < -0.39 is 16.8 Å². The van der Waals surface area contributed by atoms with Crippen molar-refractivity contribution in [1.82, 2.24) is 0 Å². The summed E-state index contributed by atoms with van der Waals surface area (Å²) in [6.45, 7) is 0. The molecule has 0 aliphatic rings. The van der Waals surface area contributed by atoms with Crippen molar-refractivity contribution in [1.29, 1.82) is 0 Å². The molecular formula is C18H12N2O5S. The van der Waals surface area contributed by atoms with E-state index in [1.165, 1.54) is 24.3 Å². The number of nitrogens with zero attached hydrogens (tertiary/aromatic N) is 1. The van der Waals surface area contributed by atoms with Gasteiger partial charge in [-0.3, -0.25) is 14.9 Å². The van der Waals surface area contributed by atoms with Crippen LogP contribution in [0.3, 0.4) is 0 Å². The smallest absolute Gasteiger partial charge is 0.348 e. The number of rotatable bonds is 5. The van der Waals surface area contributed by atoms with E-state index in [1.54, 1.807) is 36.4 Å². The summed E-state index contributed by atoms with van der Waals surface area (Å²) in [5.41, 5.74) is 0.958. The molecule has 1 heterocycles. The molecule has 0 aliphatic carbocycles. The number of carboxylic acid groups (broad SMARTS) is 1. The number of non-ortho nitro benzene ring substituents is 1. The number of benzene rings is 2.